The summed E-state index contributed by atoms with van der Waals surface area (Å²) in [5.41, 5.74) is 3.07. The third kappa shape index (κ3) is 4.23. The number of H-pyrrole nitrogens is 1. The van der Waals surface area contributed by atoms with Crippen LogP contribution in [0.3, 0.4) is 0 Å². The number of amidine groups is 1. The highest BCUT2D eigenvalue weighted by Gasteiger charge is 2.32. The monoisotopic (exact) mass is 455 g/mol. The summed E-state index contributed by atoms with van der Waals surface area (Å²) < 4.78 is 13.5. The highest BCUT2D eigenvalue weighted by Crippen LogP contribution is 2.30. The SMILES string of the molecule is O=C(CSC1=NC(=Cc2ccccc2)C(=O)N1c1ccc(F)cc1)c1c[nH]c2ccccc12. The van der Waals surface area contributed by atoms with Crippen LogP contribution < -0.4 is 4.90 Å². The van der Waals surface area contributed by atoms with E-state index >= 15 is 0 Å². The summed E-state index contributed by atoms with van der Waals surface area (Å²) in [5.74, 6) is -0.699. The Kier molecular flexibility index (Phi) is 5.62. The van der Waals surface area contributed by atoms with Gasteiger partial charge in [-0.05, 0) is 42.0 Å². The number of benzene rings is 3. The summed E-state index contributed by atoms with van der Waals surface area (Å²) >= 11 is 1.18. The first kappa shape index (κ1) is 20.9. The fraction of sp³-hybridized carbons (Fsp3) is 0.0385. The van der Waals surface area contributed by atoms with Crippen LogP contribution in [-0.2, 0) is 4.79 Å². The lowest BCUT2D eigenvalue weighted by Gasteiger charge is -2.17. The Hall–Kier alpha value is -3.97. The normalized spacial score (nSPS) is 14.8. The predicted molar refractivity (Wildman–Crippen MR) is 131 cm³/mol. The molecule has 1 aliphatic rings. The summed E-state index contributed by atoms with van der Waals surface area (Å²) in [4.78, 5) is 35.2. The van der Waals surface area contributed by atoms with E-state index in [0.29, 0.717) is 16.4 Å². The number of fused-ring (bicyclic) bond motifs is 1. The number of aliphatic imine (C=N–C) groups is 1. The van der Waals surface area contributed by atoms with E-state index in [-0.39, 0.29) is 23.1 Å². The van der Waals surface area contributed by atoms with E-state index in [1.807, 2.05) is 54.6 Å². The molecule has 162 valence electrons. The fourth-order valence-electron chi connectivity index (χ4n) is 3.63. The van der Waals surface area contributed by atoms with Crippen LogP contribution in [-0.4, -0.2) is 27.6 Å². The van der Waals surface area contributed by atoms with Crippen molar-refractivity contribution in [2.75, 3.05) is 10.7 Å². The smallest absolute Gasteiger partial charge is 0.283 e. The number of rotatable bonds is 5. The third-order valence-electron chi connectivity index (χ3n) is 5.24. The zero-order chi connectivity index (χ0) is 22.8. The Bertz CT molecular complexity index is 1410. The van der Waals surface area contributed by atoms with Crippen LogP contribution in [0.15, 0.2) is 95.7 Å². The molecule has 0 bridgehead atoms. The van der Waals surface area contributed by atoms with E-state index in [2.05, 4.69) is 9.98 Å². The average Bonchev–Trinajstić information content (AvgIpc) is 3.40. The minimum Gasteiger partial charge on any atom is -0.360 e. The van der Waals surface area contributed by atoms with Gasteiger partial charge in [0, 0.05) is 22.7 Å². The summed E-state index contributed by atoms with van der Waals surface area (Å²) in [6, 6.07) is 22.6. The van der Waals surface area contributed by atoms with E-state index in [4.69, 9.17) is 0 Å². The van der Waals surface area contributed by atoms with Crippen molar-refractivity contribution in [3.8, 4) is 0 Å². The van der Waals surface area contributed by atoms with Gasteiger partial charge in [0.15, 0.2) is 11.0 Å². The van der Waals surface area contributed by atoms with Gasteiger partial charge in [-0.15, -0.1) is 0 Å². The number of hydrogen-bond donors (Lipinski definition) is 1. The Balaban J connectivity index is 1.44. The van der Waals surface area contributed by atoms with E-state index in [9.17, 15) is 14.0 Å². The van der Waals surface area contributed by atoms with Crippen LogP contribution in [0.2, 0.25) is 0 Å². The molecule has 0 fully saturated rings. The molecule has 3 aromatic carbocycles. The average molecular weight is 456 g/mol. The zero-order valence-corrected chi connectivity index (χ0v) is 18.2. The quantitative estimate of drug-likeness (QED) is 0.312. The molecule has 4 aromatic rings. The molecule has 1 aromatic heterocycles. The topological polar surface area (TPSA) is 65.5 Å². The molecule has 1 amide bonds. The predicted octanol–water partition coefficient (Wildman–Crippen LogP) is 5.67. The van der Waals surface area contributed by atoms with Crippen LogP contribution >= 0.6 is 11.8 Å². The number of nitrogens with one attached hydrogen (secondary N) is 1. The lowest BCUT2D eigenvalue weighted by Crippen LogP contribution is -2.30. The second-order valence-electron chi connectivity index (χ2n) is 7.41. The molecule has 0 atom stereocenters. The zero-order valence-electron chi connectivity index (χ0n) is 17.4. The van der Waals surface area contributed by atoms with Gasteiger partial charge in [0.2, 0.25) is 0 Å². The largest absolute Gasteiger partial charge is 0.360 e. The lowest BCUT2D eigenvalue weighted by molar-refractivity contribution is -0.113. The summed E-state index contributed by atoms with van der Waals surface area (Å²) in [5, 5.41) is 1.23. The number of thioether (sulfide) groups is 1. The van der Waals surface area contributed by atoms with Gasteiger partial charge in [0.1, 0.15) is 11.5 Å². The van der Waals surface area contributed by atoms with Gasteiger partial charge >= 0.3 is 0 Å². The van der Waals surface area contributed by atoms with Crippen molar-refractivity contribution in [1.82, 2.24) is 4.98 Å². The van der Waals surface area contributed by atoms with Crippen molar-refractivity contribution in [2.24, 2.45) is 4.99 Å². The van der Waals surface area contributed by atoms with Gasteiger partial charge in [0.25, 0.3) is 5.91 Å². The molecule has 1 aliphatic heterocycles. The van der Waals surface area contributed by atoms with Crippen molar-refractivity contribution in [3.05, 3.63) is 108 Å². The van der Waals surface area contributed by atoms with Crippen molar-refractivity contribution in [2.45, 2.75) is 0 Å². The lowest BCUT2D eigenvalue weighted by atomic mass is 10.1. The highest BCUT2D eigenvalue weighted by atomic mass is 32.2. The number of Topliss-reactive ketones (excluding diaryl/α,β-unsaturated/α-hetero) is 1. The number of carbonyl (C=O) groups excluding carboxylic acids is 2. The van der Waals surface area contributed by atoms with Crippen molar-refractivity contribution < 1.29 is 14.0 Å². The number of aromatic amines is 1. The van der Waals surface area contributed by atoms with Gasteiger partial charge in [-0.1, -0.05) is 60.3 Å². The molecule has 0 aliphatic carbocycles. The van der Waals surface area contributed by atoms with Crippen LogP contribution in [0.4, 0.5) is 10.1 Å². The molecule has 1 N–H and O–H groups in total. The number of halogens is 1. The molecule has 5 nitrogen and oxygen atoms in total. The molecule has 7 heteroatoms. The number of ketones is 1. The van der Waals surface area contributed by atoms with E-state index in [0.717, 1.165) is 16.5 Å². The molecule has 33 heavy (non-hydrogen) atoms. The van der Waals surface area contributed by atoms with Crippen LogP contribution in [0.5, 0.6) is 0 Å². The number of carbonyl (C=O) groups is 2. The van der Waals surface area contributed by atoms with Gasteiger partial charge < -0.3 is 4.98 Å². The molecule has 5 rings (SSSR count). The molecule has 0 saturated carbocycles. The van der Waals surface area contributed by atoms with E-state index < -0.39 is 5.82 Å². The molecular weight excluding hydrogens is 437 g/mol. The number of anilines is 1. The molecule has 0 spiro atoms. The maximum atomic E-state index is 13.5. The standard InChI is InChI=1S/C26H18FN3O2S/c27-18-10-12-19(13-11-18)30-25(32)23(14-17-6-2-1-3-7-17)29-26(30)33-16-24(31)21-15-28-22-9-5-4-8-20(21)22/h1-15,28H,16H2. The summed E-state index contributed by atoms with van der Waals surface area (Å²) in [6.07, 6.45) is 3.40. The molecule has 0 radical (unpaired) electrons. The second-order valence-corrected chi connectivity index (χ2v) is 8.35. The molecule has 2 heterocycles. The minimum atomic E-state index is -0.397. The minimum absolute atomic E-state index is 0.0767. The van der Waals surface area contributed by atoms with Gasteiger partial charge in [-0.2, -0.15) is 0 Å². The van der Waals surface area contributed by atoms with Crippen molar-refractivity contribution in [3.63, 3.8) is 0 Å². The fourth-order valence-corrected chi connectivity index (χ4v) is 4.52. The maximum absolute atomic E-state index is 13.5. The first-order valence-corrected chi connectivity index (χ1v) is 11.3. The number of aromatic nitrogens is 1. The third-order valence-corrected chi connectivity index (χ3v) is 6.18. The van der Waals surface area contributed by atoms with Crippen LogP contribution in [0.1, 0.15) is 15.9 Å². The maximum Gasteiger partial charge on any atom is 0.283 e. The van der Waals surface area contributed by atoms with E-state index in [1.165, 1.54) is 40.9 Å². The summed E-state index contributed by atoms with van der Waals surface area (Å²) in [6.45, 7) is 0. The van der Waals surface area contributed by atoms with Gasteiger partial charge in [0.05, 0.1) is 11.4 Å². The number of para-hydroxylation sites is 1. The molecule has 0 saturated heterocycles. The Morgan fingerprint density at radius 1 is 1.00 bits per heavy atom. The van der Waals surface area contributed by atoms with Crippen molar-refractivity contribution in [1.29, 1.82) is 0 Å². The van der Waals surface area contributed by atoms with Gasteiger partial charge in [-0.25, -0.2) is 9.38 Å². The first-order chi connectivity index (χ1) is 16.1. The highest BCUT2D eigenvalue weighted by molar-refractivity contribution is 8.14. The molecule has 0 unspecified atom stereocenters. The van der Waals surface area contributed by atoms with Crippen molar-refractivity contribution >= 4 is 51.3 Å². The van der Waals surface area contributed by atoms with Crippen LogP contribution in [0.25, 0.3) is 17.0 Å². The van der Waals surface area contributed by atoms with E-state index in [1.54, 1.807) is 12.3 Å². The van der Waals surface area contributed by atoms with Gasteiger partial charge in [-0.3, -0.25) is 14.5 Å². The Labute approximate surface area is 193 Å². The number of nitrogens with zero attached hydrogens (tertiary/aromatic N) is 2. The molecular formula is C26H18FN3O2S. The second kappa shape index (κ2) is 8.88. The number of hydrogen-bond acceptors (Lipinski definition) is 4. The Morgan fingerprint density at radius 2 is 1.73 bits per heavy atom. The Morgan fingerprint density at radius 3 is 2.52 bits per heavy atom. The number of amides is 1. The first-order valence-electron chi connectivity index (χ1n) is 10.3. The summed E-state index contributed by atoms with van der Waals surface area (Å²) in [7, 11) is 0. The van der Waals surface area contributed by atoms with Crippen LogP contribution in [0, 0.1) is 5.82 Å².